The lowest BCUT2D eigenvalue weighted by atomic mass is 10.1. The van der Waals surface area contributed by atoms with Crippen LogP contribution in [-0.2, 0) is 4.79 Å². The number of amides is 3. The van der Waals surface area contributed by atoms with E-state index in [-0.39, 0.29) is 11.9 Å². The fourth-order valence-electron chi connectivity index (χ4n) is 2.37. The van der Waals surface area contributed by atoms with Gasteiger partial charge in [0.2, 0.25) is 5.91 Å². The van der Waals surface area contributed by atoms with Crippen LogP contribution in [0, 0.1) is 0 Å². The molecule has 2 N–H and O–H groups in total. The Morgan fingerprint density at radius 2 is 2.32 bits per heavy atom. The normalized spacial score (nSPS) is 18.5. The van der Waals surface area contributed by atoms with Crippen LogP contribution < -0.4 is 10.6 Å². The van der Waals surface area contributed by atoms with Gasteiger partial charge >= 0.3 is 6.03 Å². The number of carbonyl (C=O) groups excluding carboxylic acids is 2. The lowest BCUT2D eigenvalue weighted by Crippen LogP contribution is -2.51. The Balaban J connectivity index is 1.66. The molecule has 3 heterocycles. The maximum Gasteiger partial charge on any atom is 0.322 e. The van der Waals surface area contributed by atoms with Crippen molar-refractivity contribution in [2.75, 3.05) is 18.9 Å². The van der Waals surface area contributed by atoms with Crippen molar-refractivity contribution < 1.29 is 9.59 Å². The van der Waals surface area contributed by atoms with Gasteiger partial charge < -0.3 is 10.2 Å². The van der Waals surface area contributed by atoms with Crippen LogP contribution in [0.5, 0.6) is 0 Å². The number of anilines is 1. The fourth-order valence-corrected chi connectivity index (χ4v) is 2.53. The molecule has 1 aliphatic rings. The van der Waals surface area contributed by atoms with E-state index in [0.29, 0.717) is 23.6 Å². The molecule has 3 rings (SSSR count). The predicted octanol–water partition coefficient (Wildman–Crippen LogP) is 1.12. The molecule has 1 fully saturated rings. The second-order valence-corrected chi connectivity index (χ2v) is 5.57. The Bertz CT molecular complexity index is 730. The van der Waals surface area contributed by atoms with Crippen LogP contribution in [0.15, 0.2) is 18.3 Å². The van der Waals surface area contributed by atoms with Gasteiger partial charge in [-0.3, -0.25) is 10.1 Å². The Kier molecular flexibility index (Phi) is 3.84. The van der Waals surface area contributed by atoms with E-state index in [0.717, 1.165) is 6.42 Å². The van der Waals surface area contributed by atoms with Gasteiger partial charge in [-0.2, -0.15) is 4.98 Å². The number of fused-ring (bicyclic) bond motifs is 1. The van der Waals surface area contributed by atoms with Crippen LogP contribution in [0.1, 0.15) is 12.8 Å². The maximum atomic E-state index is 12.0. The summed E-state index contributed by atoms with van der Waals surface area (Å²) >= 11 is 5.87. The highest BCUT2D eigenvalue weighted by Gasteiger charge is 2.27. The second kappa shape index (κ2) is 5.80. The molecule has 1 saturated heterocycles. The van der Waals surface area contributed by atoms with Crippen molar-refractivity contribution in [3.05, 3.63) is 23.4 Å². The first-order chi connectivity index (χ1) is 10.5. The van der Waals surface area contributed by atoms with Gasteiger partial charge in [0.1, 0.15) is 6.04 Å². The SMILES string of the molecule is CN1CCCC(NC(=O)Nc2nc3cc(Cl)ccn3n2)C1=O. The van der Waals surface area contributed by atoms with E-state index in [1.54, 1.807) is 30.3 Å². The Hall–Kier alpha value is -2.35. The standard InChI is InChI=1S/C13H15ClN6O2/c1-19-5-2-3-9(11(19)21)15-13(22)17-12-16-10-7-8(14)4-6-20(10)18-12/h4,6-7,9H,2-3,5H2,1H3,(H2,15,17,18,22). The minimum Gasteiger partial charge on any atom is -0.344 e. The molecule has 0 aliphatic carbocycles. The number of nitrogens with one attached hydrogen (secondary N) is 2. The molecule has 1 atom stereocenters. The summed E-state index contributed by atoms with van der Waals surface area (Å²) in [6.07, 6.45) is 3.14. The number of carbonyl (C=O) groups is 2. The number of rotatable bonds is 2. The highest BCUT2D eigenvalue weighted by Crippen LogP contribution is 2.13. The average molecular weight is 323 g/mol. The number of likely N-dealkylation sites (N-methyl/N-ethyl adjacent to an activating group) is 1. The molecule has 2 aromatic heterocycles. The molecule has 1 aliphatic heterocycles. The van der Waals surface area contributed by atoms with Crippen molar-refractivity contribution in [3.63, 3.8) is 0 Å². The molecule has 116 valence electrons. The minimum absolute atomic E-state index is 0.0869. The molecular weight excluding hydrogens is 308 g/mol. The molecule has 3 amide bonds. The van der Waals surface area contributed by atoms with Gasteiger partial charge in [0.05, 0.1) is 0 Å². The smallest absolute Gasteiger partial charge is 0.322 e. The van der Waals surface area contributed by atoms with E-state index >= 15 is 0 Å². The summed E-state index contributed by atoms with van der Waals surface area (Å²) in [5, 5.41) is 9.81. The van der Waals surface area contributed by atoms with Gasteiger partial charge in [0, 0.05) is 30.9 Å². The predicted molar refractivity (Wildman–Crippen MR) is 80.8 cm³/mol. The van der Waals surface area contributed by atoms with Crippen molar-refractivity contribution in [3.8, 4) is 0 Å². The Morgan fingerprint density at radius 1 is 1.50 bits per heavy atom. The van der Waals surface area contributed by atoms with Gasteiger partial charge in [-0.05, 0) is 18.9 Å². The van der Waals surface area contributed by atoms with Gasteiger partial charge in [-0.25, -0.2) is 9.31 Å². The van der Waals surface area contributed by atoms with Crippen molar-refractivity contribution in [1.29, 1.82) is 0 Å². The van der Waals surface area contributed by atoms with Gasteiger partial charge in [-0.1, -0.05) is 11.6 Å². The third kappa shape index (κ3) is 2.96. The molecule has 0 aromatic carbocycles. The first kappa shape index (κ1) is 14.6. The number of aromatic nitrogens is 3. The fraction of sp³-hybridized carbons (Fsp3) is 0.385. The Morgan fingerprint density at radius 3 is 3.14 bits per heavy atom. The number of piperidine rings is 1. The molecule has 9 heteroatoms. The van der Waals surface area contributed by atoms with E-state index in [4.69, 9.17) is 11.6 Å². The molecule has 0 saturated carbocycles. The van der Waals surface area contributed by atoms with Crippen LogP contribution >= 0.6 is 11.6 Å². The molecular formula is C13H15ClN6O2. The first-order valence-electron chi connectivity index (χ1n) is 6.87. The number of nitrogens with zero attached hydrogens (tertiary/aromatic N) is 4. The summed E-state index contributed by atoms with van der Waals surface area (Å²) in [4.78, 5) is 29.6. The molecule has 0 radical (unpaired) electrons. The third-order valence-electron chi connectivity index (χ3n) is 3.49. The van der Waals surface area contributed by atoms with Gasteiger partial charge in [0.25, 0.3) is 5.95 Å². The largest absolute Gasteiger partial charge is 0.344 e. The van der Waals surface area contributed by atoms with E-state index in [1.165, 1.54) is 4.52 Å². The summed E-state index contributed by atoms with van der Waals surface area (Å²) in [6, 6.07) is 2.29. The summed E-state index contributed by atoms with van der Waals surface area (Å²) in [7, 11) is 1.72. The van der Waals surface area contributed by atoms with E-state index in [2.05, 4.69) is 20.7 Å². The zero-order valence-corrected chi connectivity index (χ0v) is 12.7. The van der Waals surface area contributed by atoms with Gasteiger partial charge in [0.15, 0.2) is 5.65 Å². The summed E-state index contributed by atoms with van der Waals surface area (Å²) in [6.45, 7) is 0.716. The van der Waals surface area contributed by atoms with Crippen LogP contribution in [0.25, 0.3) is 5.65 Å². The number of halogens is 1. The van der Waals surface area contributed by atoms with Crippen LogP contribution in [-0.4, -0.2) is 51.1 Å². The maximum absolute atomic E-state index is 12.0. The Labute approximate surface area is 131 Å². The van der Waals surface area contributed by atoms with Crippen molar-refractivity contribution in [2.24, 2.45) is 0 Å². The molecule has 22 heavy (non-hydrogen) atoms. The van der Waals surface area contributed by atoms with Gasteiger partial charge in [-0.15, -0.1) is 5.10 Å². The van der Waals surface area contributed by atoms with Crippen molar-refractivity contribution >= 4 is 35.1 Å². The molecule has 1 unspecified atom stereocenters. The summed E-state index contributed by atoms with van der Waals surface area (Å²) in [5.74, 6) is 0.0625. The number of likely N-dealkylation sites (tertiary alicyclic amines) is 1. The number of pyridine rings is 1. The van der Waals surface area contributed by atoms with E-state index in [1.807, 2.05) is 0 Å². The lowest BCUT2D eigenvalue weighted by Gasteiger charge is -2.29. The second-order valence-electron chi connectivity index (χ2n) is 5.14. The number of hydrogen-bond acceptors (Lipinski definition) is 4. The van der Waals surface area contributed by atoms with Crippen molar-refractivity contribution in [2.45, 2.75) is 18.9 Å². The topological polar surface area (TPSA) is 91.6 Å². The number of hydrogen-bond donors (Lipinski definition) is 2. The molecule has 0 bridgehead atoms. The third-order valence-corrected chi connectivity index (χ3v) is 3.73. The highest BCUT2D eigenvalue weighted by atomic mass is 35.5. The average Bonchev–Trinajstić information content (AvgIpc) is 2.85. The number of urea groups is 1. The van der Waals surface area contributed by atoms with Crippen LogP contribution in [0.3, 0.4) is 0 Å². The monoisotopic (exact) mass is 322 g/mol. The van der Waals surface area contributed by atoms with E-state index < -0.39 is 12.1 Å². The zero-order valence-electron chi connectivity index (χ0n) is 11.9. The van der Waals surface area contributed by atoms with Crippen LogP contribution in [0.4, 0.5) is 10.7 Å². The highest BCUT2D eigenvalue weighted by molar-refractivity contribution is 6.30. The molecule has 2 aromatic rings. The zero-order chi connectivity index (χ0) is 15.7. The first-order valence-corrected chi connectivity index (χ1v) is 7.25. The summed E-state index contributed by atoms with van der Waals surface area (Å²) in [5.41, 5.74) is 0.524. The molecule has 0 spiro atoms. The quantitative estimate of drug-likeness (QED) is 0.867. The van der Waals surface area contributed by atoms with Crippen LogP contribution in [0.2, 0.25) is 5.02 Å². The summed E-state index contributed by atoms with van der Waals surface area (Å²) < 4.78 is 1.50. The van der Waals surface area contributed by atoms with Crippen molar-refractivity contribution in [1.82, 2.24) is 24.8 Å². The molecule has 8 nitrogen and oxygen atoms in total. The van der Waals surface area contributed by atoms with E-state index in [9.17, 15) is 9.59 Å². The minimum atomic E-state index is -0.509. The lowest BCUT2D eigenvalue weighted by molar-refractivity contribution is -0.134.